The lowest BCUT2D eigenvalue weighted by atomic mass is 10.1. The summed E-state index contributed by atoms with van der Waals surface area (Å²) in [6.07, 6.45) is 3.60. The lowest BCUT2D eigenvalue weighted by Crippen LogP contribution is -2.14. The van der Waals surface area contributed by atoms with Crippen molar-refractivity contribution in [3.63, 3.8) is 0 Å². The zero-order chi connectivity index (χ0) is 17.8. The van der Waals surface area contributed by atoms with E-state index in [1.54, 1.807) is 6.20 Å². The van der Waals surface area contributed by atoms with Gasteiger partial charge in [-0.15, -0.1) is 0 Å². The third-order valence-electron chi connectivity index (χ3n) is 3.55. The number of nitrogens with zero attached hydrogens (tertiary/aromatic N) is 2. The SMILES string of the molecule is Cc1cc(C)cc(-n2ccnc2SCC(=O)Nc2ccc(F)cc2)c1. The van der Waals surface area contributed by atoms with E-state index in [4.69, 9.17) is 0 Å². The monoisotopic (exact) mass is 355 g/mol. The number of anilines is 1. The second-order valence-electron chi connectivity index (χ2n) is 5.77. The molecule has 0 fully saturated rings. The smallest absolute Gasteiger partial charge is 0.234 e. The number of carbonyl (C=O) groups is 1. The number of amides is 1. The Morgan fingerprint density at radius 2 is 1.84 bits per heavy atom. The van der Waals surface area contributed by atoms with Gasteiger partial charge in [-0.05, 0) is 61.4 Å². The quantitative estimate of drug-likeness (QED) is 0.692. The Balaban J connectivity index is 1.67. The molecule has 1 amide bonds. The Morgan fingerprint density at radius 1 is 1.16 bits per heavy atom. The van der Waals surface area contributed by atoms with E-state index in [9.17, 15) is 9.18 Å². The fourth-order valence-electron chi connectivity index (χ4n) is 2.54. The summed E-state index contributed by atoms with van der Waals surface area (Å²) in [6.45, 7) is 4.10. The van der Waals surface area contributed by atoms with Gasteiger partial charge in [0.1, 0.15) is 5.82 Å². The van der Waals surface area contributed by atoms with E-state index in [0.29, 0.717) is 5.69 Å². The summed E-state index contributed by atoms with van der Waals surface area (Å²) in [4.78, 5) is 16.4. The topological polar surface area (TPSA) is 46.9 Å². The highest BCUT2D eigenvalue weighted by atomic mass is 32.2. The second-order valence-corrected chi connectivity index (χ2v) is 6.71. The van der Waals surface area contributed by atoms with Crippen LogP contribution in [-0.2, 0) is 4.79 Å². The van der Waals surface area contributed by atoms with Crippen molar-refractivity contribution in [1.82, 2.24) is 9.55 Å². The molecule has 0 unspecified atom stereocenters. The summed E-state index contributed by atoms with van der Waals surface area (Å²) >= 11 is 1.36. The van der Waals surface area contributed by atoms with Crippen LogP contribution < -0.4 is 5.32 Å². The number of hydrogen-bond donors (Lipinski definition) is 1. The summed E-state index contributed by atoms with van der Waals surface area (Å²) in [5.74, 6) is -0.270. The molecule has 4 nitrogen and oxygen atoms in total. The van der Waals surface area contributed by atoms with Crippen LogP contribution >= 0.6 is 11.8 Å². The molecule has 3 rings (SSSR count). The lowest BCUT2D eigenvalue weighted by molar-refractivity contribution is -0.113. The maximum absolute atomic E-state index is 12.9. The van der Waals surface area contributed by atoms with Crippen molar-refractivity contribution in [3.8, 4) is 5.69 Å². The fourth-order valence-corrected chi connectivity index (χ4v) is 3.32. The van der Waals surface area contributed by atoms with Crippen molar-refractivity contribution in [2.75, 3.05) is 11.1 Å². The largest absolute Gasteiger partial charge is 0.325 e. The van der Waals surface area contributed by atoms with Gasteiger partial charge in [-0.3, -0.25) is 9.36 Å². The van der Waals surface area contributed by atoms with Crippen LogP contribution in [0.15, 0.2) is 60.0 Å². The first-order valence-electron chi connectivity index (χ1n) is 7.81. The van der Waals surface area contributed by atoms with Crippen LogP contribution in [0.4, 0.5) is 10.1 Å². The van der Waals surface area contributed by atoms with Crippen LogP contribution in [0.2, 0.25) is 0 Å². The van der Waals surface area contributed by atoms with Gasteiger partial charge in [0, 0.05) is 23.8 Å². The molecule has 0 aliphatic rings. The first-order chi connectivity index (χ1) is 12.0. The highest BCUT2D eigenvalue weighted by Crippen LogP contribution is 2.22. The van der Waals surface area contributed by atoms with E-state index in [2.05, 4.69) is 42.3 Å². The number of hydrogen-bond acceptors (Lipinski definition) is 3. The summed E-state index contributed by atoms with van der Waals surface area (Å²) in [6, 6.07) is 12.0. The molecule has 1 N–H and O–H groups in total. The number of aryl methyl sites for hydroxylation is 2. The minimum Gasteiger partial charge on any atom is -0.325 e. The molecule has 1 heterocycles. The van der Waals surface area contributed by atoms with Crippen LogP contribution in [0.1, 0.15) is 11.1 Å². The maximum Gasteiger partial charge on any atom is 0.234 e. The first-order valence-corrected chi connectivity index (χ1v) is 8.80. The van der Waals surface area contributed by atoms with Gasteiger partial charge in [-0.25, -0.2) is 9.37 Å². The predicted molar refractivity (Wildman–Crippen MR) is 98.8 cm³/mol. The third-order valence-corrected chi connectivity index (χ3v) is 4.52. The molecule has 0 spiro atoms. The average Bonchev–Trinajstić information content (AvgIpc) is 3.03. The number of aromatic nitrogens is 2. The van der Waals surface area contributed by atoms with Gasteiger partial charge >= 0.3 is 0 Å². The van der Waals surface area contributed by atoms with Crippen LogP contribution in [0, 0.1) is 19.7 Å². The number of benzene rings is 2. The minimum absolute atomic E-state index is 0.161. The van der Waals surface area contributed by atoms with Crippen molar-refractivity contribution in [2.45, 2.75) is 19.0 Å². The normalized spacial score (nSPS) is 10.7. The van der Waals surface area contributed by atoms with E-state index in [1.807, 2.05) is 10.8 Å². The van der Waals surface area contributed by atoms with Crippen LogP contribution in [0.3, 0.4) is 0 Å². The molecule has 0 aliphatic heterocycles. The first kappa shape index (κ1) is 17.2. The van der Waals surface area contributed by atoms with Gasteiger partial charge in [0.25, 0.3) is 0 Å². The molecule has 0 saturated heterocycles. The fraction of sp³-hybridized carbons (Fsp3) is 0.158. The molecule has 25 heavy (non-hydrogen) atoms. The number of rotatable bonds is 5. The molecule has 1 aromatic heterocycles. The van der Waals surface area contributed by atoms with Gasteiger partial charge in [0.05, 0.1) is 5.75 Å². The van der Waals surface area contributed by atoms with Crippen LogP contribution in [0.25, 0.3) is 5.69 Å². The summed E-state index contributed by atoms with van der Waals surface area (Å²) < 4.78 is 14.9. The highest BCUT2D eigenvalue weighted by Gasteiger charge is 2.10. The number of halogens is 1. The Kier molecular flexibility index (Phi) is 5.19. The zero-order valence-electron chi connectivity index (χ0n) is 14.0. The third kappa shape index (κ3) is 4.48. The van der Waals surface area contributed by atoms with Gasteiger partial charge < -0.3 is 5.32 Å². The van der Waals surface area contributed by atoms with Crippen molar-refractivity contribution < 1.29 is 9.18 Å². The van der Waals surface area contributed by atoms with Crippen molar-refractivity contribution >= 4 is 23.4 Å². The number of nitrogens with one attached hydrogen (secondary N) is 1. The Bertz CT molecular complexity index is 870. The van der Waals surface area contributed by atoms with Gasteiger partial charge in [0.2, 0.25) is 5.91 Å². The van der Waals surface area contributed by atoms with Crippen molar-refractivity contribution in [1.29, 1.82) is 0 Å². The Hall–Kier alpha value is -2.60. The minimum atomic E-state index is -0.331. The van der Waals surface area contributed by atoms with E-state index in [-0.39, 0.29) is 17.5 Å². The molecule has 0 atom stereocenters. The highest BCUT2D eigenvalue weighted by molar-refractivity contribution is 7.99. The maximum atomic E-state index is 12.9. The molecule has 0 bridgehead atoms. The molecule has 2 aromatic carbocycles. The molecule has 128 valence electrons. The molecule has 3 aromatic rings. The average molecular weight is 355 g/mol. The van der Waals surface area contributed by atoms with Crippen LogP contribution in [0.5, 0.6) is 0 Å². The predicted octanol–water partition coefficient (Wildman–Crippen LogP) is 4.36. The summed E-state index contributed by atoms with van der Waals surface area (Å²) in [5, 5.41) is 3.49. The van der Waals surface area contributed by atoms with Crippen molar-refractivity contribution in [2.24, 2.45) is 0 Å². The standard InChI is InChI=1S/C19H18FN3OS/c1-13-9-14(2)11-17(10-13)23-8-7-21-19(23)25-12-18(24)22-16-5-3-15(20)4-6-16/h3-11H,12H2,1-2H3,(H,22,24). The van der Waals surface area contributed by atoms with Crippen LogP contribution in [-0.4, -0.2) is 21.2 Å². The van der Waals surface area contributed by atoms with E-state index < -0.39 is 0 Å². The molecular formula is C19H18FN3OS. The number of thioether (sulfide) groups is 1. The van der Waals surface area contributed by atoms with E-state index in [0.717, 1.165) is 10.8 Å². The van der Waals surface area contributed by atoms with Gasteiger partial charge in [0.15, 0.2) is 5.16 Å². The molecular weight excluding hydrogens is 337 g/mol. The van der Waals surface area contributed by atoms with Gasteiger partial charge in [-0.2, -0.15) is 0 Å². The molecule has 0 saturated carbocycles. The van der Waals surface area contributed by atoms with Crippen molar-refractivity contribution in [3.05, 3.63) is 71.8 Å². The van der Waals surface area contributed by atoms with E-state index in [1.165, 1.54) is 47.2 Å². The summed E-state index contributed by atoms with van der Waals surface area (Å²) in [7, 11) is 0. The second kappa shape index (κ2) is 7.53. The Labute approximate surface area is 150 Å². The Morgan fingerprint density at radius 3 is 2.52 bits per heavy atom. The molecule has 0 radical (unpaired) electrons. The van der Waals surface area contributed by atoms with E-state index >= 15 is 0 Å². The number of carbonyl (C=O) groups excluding carboxylic acids is 1. The summed E-state index contributed by atoms with van der Waals surface area (Å²) in [5.41, 5.74) is 3.95. The van der Waals surface area contributed by atoms with Gasteiger partial charge in [-0.1, -0.05) is 17.8 Å². The molecule has 0 aliphatic carbocycles. The lowest BCUT2D eigenvalue weighted by Gasteiger charge is -2.10. The molecule has 6 heteroatoms. The number of imidazole rings is 1. The zero-order valence-corrected chi connectivity index (χ0v) is 14.8.